The molecular formula is C33H26N4O4. The Balaban J connectivity index is 1.13. The number of pyridine rings is 2. The van der Waals surface area contributed by atoms with Crippen LogP contribution in [0.5, 0.6) is 46.4 Å². The van der Waals surface area contributed by atoms with Crippen LogP contribution in [-0.4, -0.2) is 19.7 Å². The Hall–Kier alpha value is -5.63. The van der Waals surface area contributed by atoms with Gasteiger partial charge < -0.3 is 18.9 Å². The van der Waals surface area contributed by atoms with Gasteiger partial charge in [0.25, 0.3) is 0 Å². The molecule has 0 unspecified atom stereocenters. The van der Waals surface area contributed by atoms with Gasteiger partial charge in [0.1, 0.15) is 28.7 Å². The van der Waals surface area contributed by atoms with E-state index in [0.29, 0.717) is 46.5 Å². The zero-order chi connectivity index (χ0) is 28.0. The van der Waals surface area contributed by atoms with Crippen LogP contribution in [0.4, 0.5) is 0 Å². The molecule has 0 atom stereocenters. The molecule has 6 aromatic rings. The van der Waals surface area contributed by atoms with Gasteiger partial charge in [0.2, 0.25) is 17.6 Å². The van der Waals surface area contributed by atoms with Crippen LogP contribution in [0.2, 0.25) is 0 Å². The first-order valence-electron chi connectivity index (χ1n) is 13.0. The fourth-order valence-electron chi connectivity index (χ4n) is 4.14. The van der Waals surface area contributed by atoms with E-state index >= 15 is 0 Å². The van der Waals surface area contributed by atoms with Crippen molar-refractivity contribution in [1.82, 2.24) is 19.7 Å². The molecule has 0 saturated carbocycles. The number of hydrogen-bond donors (Lipinski definition) is 0. The first kappa shape index (κ1) is 25.6. The van der Waals surface area contributed by atoms with Gasteiger partial charge in [-0.2, -0.15) is 15.1 Å². The van der Waals surface area contributed by atoms with Crippen LogP contribution >= 0.6 is 0 Å². The molecule has 0 N–H and O–H groups in total. The summed E-state index contributed by atoms with van der Waals surface area (Å²) >= 11 is 0. The van der Waals surface area contributed by atoms with Gasteiger partial charge in [0, 0.05) is 36.0 Å². The van der Waals surface area contributed by atoms with Crippen molar-refractivity contribution in [1.29, 1.82) is 0 Å². The van der Waals surface area contributed by atoms with E-state index in [4.69, 9.17) is 18.9 Å². The number of benzene rings is 3. The topological polar surface area (TPSA) is 80.5 Å². The van der Waals surface area contributed by atoms with Gasteiger partial charge >= 0.3 is 0 Å². The second-order valence-corrected chi connectivity index (χ2v) is 9.16. The molecule has 0 fully saturated rings. The van der Waals surface area contributed by atoms with Crippen LogP contribution < -0.4 is 18.9 Å². The normalized spacial score (nSPS) is 10.7. The van der Waals surface area contributed by atoms with E-state index in [1.165, 1.54) is 0 Å². The van der Waals surface area contributed by atoms with Crippen molar-refractivity contribution in [3.8, 4) is 52.2 Å². The van der Waals surface area contributed by atoms with E-state index in [1.54, 1.807) is 35.0 Å². The molecule has 3 heterocycles. The van der Waals surface area contributed by atoms with Gasteiger partial charge in [-0.1, -0.05) is 42.5 Å². The quantitative estimate of drug-likeness (QED) is 0.181. The van der Waals surface area contributed by atoms with E-state index in [9.17, 15) is 0 Å². The lowest BCUT2D eigenvalue weighted by Crippen LogP contribution is -2.02. The third-order valence-electron chi connectivity index (χ3n) is 5.89. The number of aromatic nitrogens is 4. The minimum atomic E-state index is 0.376. The van der Waals surface area contributed by atoms with Crippen LogP contribution in [0.3, 0.4) is 0 Å². The van der Waals surface area contributed by atoms with Gasteiger partial charge in [-0.05, 0) is 62.4 Å². The molecule has 0 aliphatic carbocycles. The van der Waals surface area contributed by atoms with Crippen LogP contribution in [0.25, 0.3) is 5.82 Å². The predicted molar refractivity (Wildman–Crippen MR) is 155 cm³/mol. The number of nitrogens with zero attached hydrogens (tertiary/aromatic N) is 4. The second kappa shape index (κ2) is 11.6. The molecule has 202 valence electrons. The minimum Gasteiger partial charge on any atom is -0.457 e. The Kier molecular flexibility index (Phi) is 7.27. The van der Waals surface area contributed by atoms with E-state index < -0.39 is 0 Å². The van der Waals surface area contributed by atoms with Gasteiger partial charge in [-0.15, -0.1) is 0 Å². The fraction of sp³-hybridized carbons (Fsp3) is 0.0606. The van der Waals surface area contributed by atoms with Gasteiger partial charge in [-0.25, -0.2) is 4.68 Å². The molecule has 8 nitrogen and oxygen atoms in total. The zero-order valence-electron chi connectivity index (χ0n) is 22.5. The molecule has 6 rings (SSSR count). The lowest BCUT2D eigenvalue weighted by atomic mass is 10.3. The maximum Gasteiger partial charge on any atom is 0.222 e. The summed E-state index contributed by atoms with van der Waals surface area (Å²) in [5, 5.41) is 4.50. The average molecular weight is 543 g/mol. The Bertz CT molecular complexity index is 1790. The SMILES string of the molecule is Cc1cc(C)n(-c2cccc(Oc3cccc(Oc4cccc(Oc5cccc(Oc6ccccc6)c5)n4)c3)n2)n1. The summed E-state index contributed by atoms with van der Waals surface area (Å²) < 4.78 is 25.7. The lowest BCUT2D eigenvalue weighted by Gasteiger charge is -2.11. The van der Waals surface area contributed by atoms with E-state index in [-0.39, 0.29) is 0 Å². The highest BCUT2D eigenvalue weighted by molar-refractivity contribution is 5.40. The largest absolute Gasteiger partial charge is 0.457 e. The molecule has 0 saturated heterocycles. The van der Waals surface area contributed by atoms with Crippen molar-refractivity contribution < 1.29 is 18.9 Å². The highest BCUT2D eigenvalue weighted by Crippen LogP contribution is 2.31. The molecule has 8 heteroatoms. The van der Waals surface area contributed by atoms with Crippen molar-refractivity contribution in [2.24, 2.45) is 0 Å². The number of ether oxygens (including phenoxy) is 4. The molecule has 0 spiro atoms. The van der Waals surface area contributed by atoms with Crippen molar-refractivity contribution in [3.05, 3.63) is 133 Å². The van der Waals surface area contributed by atoms with Crippen LogP contribution in [0.1, 0.15) is 11.4 Å². The number of hydrogen-bond acceptors (Lipinski definition) is 7. The summed E-state index contributed by atoms with van der Waals surface area (Å²) in [7, 11) is 0. The van der Waals surface area contributed by atoms with Crippen LogP contribution in [0, 0.1) is 13.8 Å². The Morgan fingerprint density at radius 1 is 0.463 bits per heavy atom. The Morgan fingerprint density at radius 3 is 1.51 bits per heavy atom. The molecule has 0 aliphatic rings. The summed E-state index contributed by atoms with van der Waals surface area (Å²) in [6, 6.07) is 37.1. The Morgan fingerprint density at radius 2 is 0.951 bits per heavy atom. The lowest BCUT2D eigenvalue weighted by molar-refractivity contribution is 0.419. The number of para-hydroxylation sites is 1. The average Bonchev–Trinajstić information content (AvgIpc) is 3.32. The standard InChI is InChI=1S/C33H26N4O4/c1-23-20-24(2)37(36-23)30-16-8-17-31(34-30)39-28-14-7-15-29(22-28)41-33-19-9-18-32(35-33)40-27-13-6-12-26(21-27)38-25-10-4-3-5-11-25/h3-22H,1-2H3. The first-order valence-corrected chi connectivity index (χ1v) is 13.0. The molecule has 0 aliphatic heterocycles. The summed E-state index contributed by atoms with van der Waals surface area (Å²) in [5.74, 6) is 5.01. The van der Waals surface area contributed by atoms with Crippen LogP contribution in [-0.2, 0) is 0 Å². The Labute approximate surface area is 237 Å². The first-order chi connectivity index (χ1) is 20.1. The molecular weight excluding hydrogens is 516 g/mol. The van der Waals surface area contributed by atoms with Crippen molar-refractivity contribution >= 4 is 0 Å². The summed E-state index contributed by atoms with van der Waals surface area (Å²) in [4.78, 5) is 9.10. The van der Waals surface area contributed by atoms with Gasteiger partial charge in [-0.3, -0.25) is 0 Å². The molecule has 0 amide bonds. The van der Waals surface area contributed by atoms with Crippen LogP contribution in [0.15, 0.2) is 121 Å². The monoisotopic (exact) mass is 542 g/mol. The highest BCUT2D eigenvalue weighted by Gasteiger charge is 2.09. The van der Waals surface area contributed by atoms with Gasteiger partial charge in [0.05, 0.1) is 5.69 Å². The molecule has 41 heavy (non-hydrogen) atoms. The minimum absolute atomic E-state index is 0.376. The molecule has 3 aromatic carbocycles. The number of aryl methyl sites for hydroxylation is 2. The highest BCUT2D eigenvalue weighted by atomic mass is 16.5. The summed E-state index contributed by atoms with van der Waals surface area (Å²) in [5.41, 5.74) is 1.92. The maximum absolute atomic E-state index is 6.03. The summed E-state index contributed by atoms with van der Waals surface area (Å²) in [6.45, 7) is 3.94. The fourth-order valence-corrected chi connectivity index (χ4v) is 4.14. The number of rotatable bonds is 9. The summed E-state index contributed by atoms with van der Waals surface area (Å²) in [6.07, 6.45) is 0. The molecule has 0 bridgehead atoms. The maximum atomic E-state index is 6.03. The van der Waals surface area contributed by atoms with E-state index in [1.807, 2.05) is 105 Å². The van der Waals surface area contributed by atoms with E-state index in [2.05, 4.69) is 15.1 Å². The predicted octanol–water partition coefficient (Wildman–Crippen LogP) is 8.45. The van der Waals surface area contributed by atoms with Crippen molar-refractivity contribution in [2.45, 2.75) is 13.8 Å². The molecule has 3 aromatic heterocycles. The van der Waals surface area contributed by atoms with Gasteiger partial charge in [0.15, 0.2) is 5.82 Å². The smallest absolute Gasteiger partial charge is 0.222 e. The third kappa shape index (κ3) is 6.51. The third-order valence-corrected chi connectivity index (χ3v) is 5.89. The molecule has 0 radical (unpaired) electrons. The van der Waals surface area contributed by atoms with Crippen molar-refractivity contribution in [2.75, 3.05) is 0 Å². The second-order valence-electron chi connectivity index (χ2n) is 9.16. The zero-order valence-corrected chi connectivity index (χ0v) is 22.5. The van der Waals surface area contributed by atoms with Crippen molar-refractivity contribution in [3.63, 3.8) is 0 Å². The van der Waals surface area contributed by atoms with E-state index in [0.717, 1.165) is 17.1 Å².